The molecule has 0 atom stereocenters. The number of aromatic amines is 1. The third kappa shape index (κ3) is 2.77. The van der Waals surface area contributed by atoms with Crippen molar-refractivity contribution in [2.75, 3.05) is 7.11 Å². The van der Waals surface area contributed by atoms with E-state index in [0.717, 1.165) is 27.0 Å². The number of fused-ring (bicyclic) bond motifs is 1. The molecule has 0 aliphatic heterocycles. The second kappa shape index (κ2) is 6.08. The molecule has 1 N–H and O–H groups in total. The number of aromatic nitrogens is 4. The van der Waals surface area contributed by atoms with Gasteiger partial charge in [0.1, 0.15) is 17.1 Å². The summed E-state index contributed by atoms with van der Waals surface area (Å²) >= 11 is 0. The molecule has 2 heterocycles. The number of ether oxygens (including phenoxy) is 1. The highest BCUT2D eigenvalue weighted by atomic mass is 16.5. The molecule has 2 aromatic heterocycles. The lowest BCUT2D eigenvalue weighted by molar-refractivity contribution is 0.411. The number of nitrogens with one attached hydrogen (secondary N) is 1. The minimum atomic E-state index is -0.402. The van der Waals surface area contributed by atoms with Crippen LogP contribution in [0.5, 0.6) is 5.75 Å². The fourth-order valence-electron chi connectivity index (χ4n) is 2.80. The number of hydrogen-bond donors (Lipinski definition) is 1. The van der Waals surface area contributed by atoms with Crippen molar-refractivity contribution in [2.45, 2.75) is 13.8 Å². The van der Waals surface area contributed by atoms with Crippen LogP contribution in [0.1, 0.15) is 22.5 Å². The zero-order chi connectivity index (χ0) is 18.3. The predicted octanol–water partition coefficient (Wildman–Crippen LogP) is 1.76. The minimum Gasteiger partial charge on any atom is -0.496 e. The first-order chi connectivity index (χ1) is 11.8. The second-order valence-corrected chi connectivity index (χ2v) is 6.04. The molecule has 0 aliphatic carbocycles. The highest BCUT2D eigenvalue weighted by molar-refractivity contribution is 5.76. The van der Waals surface area contributed by atoms with Crippen molar-refractivity contribution < 1.29 is 4.74 Å². The fraction of sp³-hybridized carbons (Fsp3) is 0.278. The molecule has 0 fully saturated rings. The summed E-state index contributed by atoms with van der Waals surface area (Å²) in [4.78, 5) is 31.5. The van der Waals surface area contributed by atoms with E-state index in [1.807, 2.05) is 32.1 Å². The monoisotopic (exact) mass is 340 g/mol. The first-order valence-corrected chi connectivity index (χ1v) is 7.82. The molecule has 0 unspecified atom stereocenters. The van der Waals surface area contributed by atoms with Gasteiger partial charge in [-0.1, -0.05) is 6.08 Å². The largest absolute Gasteiger partial charge is 0.496 e. The van der Waals surface area contributed by atoms with Crippen LogP contribution in [-0.4, -0.2) is 26.2 Å². The summed E-state index contributed by atoms with van der Waals surface area (Å²) in [5.74, 6) is 1.36. The molecular weight excluding hydrogens is 320 g/mol. The molecule has 7 nitrogen and oxygen atoms in total. The Bertz CT molecular complexity index is 1120. The summed E-state index contributed by atoms with van der Waals surface area (Å²) in [6.07, 6.45) is 3.71. The van der Waals surface area contributed by atoms with Crippen LogP contribution in [-0.2, 0) is 14.1 Å². The molecule has 0 saturated carbocycles. The molecule has 130 valence electrons. The van der Waals surface area contributed by atoms with Gasteiger partial charge in [0, 0.05) is 14.1 Å². The van der Waals surface area contributed by atoms with Crippen LogP contribution in [0.15, 0.2) is 21.7 Å². The lowest BCUT2D eigenvalue weighted by atomic mass is 10.0. The Labute approximate surface area is 144 Å². The average Bonchev–Trinajstić information content (AvgIpc) is 3.03. The molecule has 3 rings (SSSR count). The molecule has 0 radical (unpaired) electrons. The van der Waals surface area contributed by atoms with Crippen molar-refractivity contribution >= 4 is 23.3 Å². The SMILES string of the molecule is COc1cc(C)c(C=Cc2nc3c([nH]2)c(=O)n(C)c(=O)n3C)cc1C. The lowest BCUT2D eigenvalue weighted by Gasteiger charge is -2.08. The maximum absolute atomic E-state index is 12.2. The van der Waals surface area contributed by atoms with Crippen molar-refractivity contribution in [3.05, 3.63) is 55.5 Å². The standard InChI is InChI=1S/C18H20N4O3/c1-10-9-13(25-5)11(2)8-12(10)6-7-14-19-15-16(20-14)21(3)18(24)22(4)17(15)23/h6-9H,1-5H3,(H,19,20). The van der Waals surface area contributed by atoms with E-state index in [-0.39, 0.29) is 5.56 Å². The highest BCUT2D eigenvalue weighted by Gasteiger charge is 2.12. The average molecular weight is 340 g/mol. The smallest absolute Gasteiger partial charge is 0.332 e. The molecule has 7 heteroatoms. The lowest BCUT2D eigenvalue weighted by Crippen LogP contribution is -2.36. The van der Waals surface area contributed by atoms with Gasteiger partial charge in [-0.25, -0.2) is 9.78 Å². The van der Waals surface area contributed by atoms with Gasteiger partial charge < -0.3 is 9.72 Å². The van der Waals surface area contributed by atoms with Crippen LogP contribution in [0.2, 0.25) is 0 Å². The Hall–Kier alpha value is -3.09. The van der Waals surface area contributed by atoms with Gasteiger partial charge in [0.05, 0.1) is 7.11 Å². The number of nitrogens with zero attached hydrogens (tertiary/aromatic N) is 3. The van der Waals surface area contributed by atoms with E-state index in [1.54, 1.807) is 20.2 Å². The van der Waals surface area contributed by atoms with E-state index in [1.165, 1.54) is 11.6 Å². The van der Waals surface area contributed by atoms with Gasteiger partial charge in [0.15, 0.2) is 5.65 Å². The summed E-state index contributed by atoms with van der Waals surface area (Å²) < 4.78 is 7.74. The Balaban J connectivity index is 2.07. The number of benzene rings is 1. The van der Waals surface area contributed by atoms with Crippen LogP contribution >= 0.6 is 0 Å². The molecule has 0 aliphatic rings. The van der Waals surface area contributed by atoms with E-state index in [0.29, 0.717) is 17.0 Å². The van der Waals surface area contributed by atoms with Gasteiger partial charge in [-0.15, -0.1) is 0 Å². The summed E-state index contributed by atoms with van der Waals surface area (Å²) in [6, 6.07) is 4.01. The van der Waals surface area contributed by atoms with E-state index in [4.69, 9.17) is 4.74 Å². The fourth-order valence-corrected chi connectivity index (χ4v) is 2.80. The van der Waals surface area contributed by atoms with Crippen molar-refractivity contribution in [2.24, 2.45) is 14.1 Å². The van der Waals surface area contributed by atoms with E-state index in [9.17, 15) is 9.59 Å². The molecule has 25 heavy (non-hydrogen) atoms. The summed E-state index contributed by atoms with van der Waals surface area (Å²) in [6.45, 7) is 3.98. The van der Waals surface area contributed by atoms with E-state index >= 15 is 0 Å². The molecule has 0 spiro atoms. The van der Waals surface area contributed by atoms with Gasteiger partial charge in [-0.2, -0.15) is 0 Å². The topological polar surface area (TPSA) is 81.9 Å². The third-order valence-electron chi connectivity index (χ3n) is 4.32. The Morgan fingerprint density at radius 2 is 1.80 bits per heavy atom. The van der Waals surface area contributed by atoms with Crippen LogP contribution < -0.4 is 16.0 Å². The van der Waals surface area contributed by atoms with Gasteiger partial charge >= 0.3 is 5.69 Å². The zero-order valence-corrected chi connectivity index (χ0v) is 14.9. The number of rotatable bonds is 3. The van der Waals surface area contributed by atoms with Crippen LogP contribution in [0.4, 0.5) is 0 Å². The maximum atomic E-state index is 12.2. The second-order valence-electron chi connectivity index (χ2n) is 6.04. The number of methoxy groups -OCH3 is 1. The summed E-state index contributed by atoms with van der Waals surface area (Å²) in [5.41, 5.74) is 3.00. The van der Waals surface area contributed by atoms with Crippen molar-refractivity contribution in [1.82, 2.24) is 19.1 Å². The molecule has 0 bridgehead atoms. The van der Waals surface area contributed by atoms with Crippen molar-refractivity contribution in [3.63, 3.8) is 0 Å². The van der Waals surface area contributed by atoms with Gasteiger partial charge in [0.25, 0.3) is 5.56 Å². The number of imidazole rings is 1. The maximum Gasteiger partial charge on any atom is 0.332 e. The molecule has 0 saturated heterocycles. The number of hydrogen-bond acceptors (Lipinski definition) is 4. The summed E-state index contributed by atoms with van der Waals surface area (Å²) in [7, 11) is 4.69. The van der Waals surface area contributed by atoms with Gasteiger partial charge in [-0.3, -0.25) is 13.9 Å². The Kier molecular flexibility index (Phi) is 4.08. The molecule has 0 amide bonds. The molecular formula is C18H20N4O3. The number of H-pyrrole nitrogens is 1. The van der Waals surface area contributed by atoms with Crippen molar-refractivity contribution in [3.8, 4) is 5.75 Å². The molecule has 3 aromatic rings. The van der Waals surface area contributed by atoms with Crippen LogP contribution in [0.3, 0.4) is 0 Å². The van der Waals surface area contributed by atoms with Gasteiger partial charge in [0.2, 0.25) is 0 Å². The van der Waals surface area contributed by atoms with E-state index in [2.05, 4.69) is 9.97 Å². The normalized spacial score (nSPS) is 11.6. The third-order valence-corrected chi connectivity index (χ3v) is 4.32. The number of aryl methyl sites for hydroxylation is 3. The zero-order valence-electron chi connectivity index (χ0n) is 14.9. The van der Waals surface area contributed by atoms with Crippen LogP contribution in [0, 0.1) is 13.8 Å². The van der Waals surface area contributed by atoms with Gasteiger partial charge in [-0.05, 0) is 48.7 Å². The Morgan fingerprint density at radius 1 is 1.08 bits per heavy atom. The first kappa shape index (κ1) is 16.8. The minimum absolute atomic E-state index is 0.312. The quantitative estimate of drug-likeness (QED) is 0.788. The molecule has 1 aromatic carbocycles. The Morgan fingerprint density at radius 3 is 2.48 bits per heavy atom. The first-order valence-electron chi connectivity index (χ1n) is 7.82. The summed E-state index contributed by atoms with van der Waals surface area (Å²) in [5, 5.41) is 0. The van der Waals surface area contributed by atoms with E-state index < -0.39 is 5.69 Å². The predicted molar refractivity (Wildman–Crippen MR) is 98.0 cm³/mol. The highest BCUT2D eigenvalue weighted by Crippen LogP contribution is 2.23. The van der Waals surface area contributed by atoms with Crippen molar-refractivity contribution in [1.29, 1.82) is 0 Å². The van der Waals surface area contributed by atoms with Crippen LogP contribution in [0.25, 0.3) is 23.3 Å².